The average Bonchev–Trinajstić information content (AvgIpc) is 3.51. The van der Waals surface area contributed by atoms with Crippen LogP contribution in [0.4, 0.5) is 0 Å². The first-order valence-corrected chi connectivity index (χ1v) is 10.1. The molecule has 150 valence electrons. The Morgan fingerprint density at radius 1 is 1.03 bits per heavy atom. The molecule has 0 amide bonds. The first kappa shape index (κ1) is 18.7. The van der Waals surface area contributed by atoms with Crippen molar-refractivity contribution in [2.45, 2.75) is 13.5 Å². The number of benzene rings is 2. The summed E-state index contributed by atoms with van der Waals surface area (Å²) in [6, 6.07) is 23.9. The van der Waals surface area contributed by atoms with Crippen LogP contribution in [0.1, 0.15) is 22.5 Å². The molecule has 5 nitrogen and oxygen atoms in total. The highest BCUT2D eigenvalue weighted by molar-refractivity contribution is 5.77. The quantitative estimate of drug-likeness (QED) is 0.547. The molecule has 2 aromatic carbocycles. The minimum atomic E-state index is 0.477. The highest BCUT2D eigenvalue weighted by Crippen LogP contribution is 2.09. The van der Waals surface area contributed by atoms with Crippen LogP contribution in [0.5, 0.6) is 5.75 Å². The van der Waals surface area contributed by atoms with Crippen LogP contribution in [-0.4, -0.2) is 9.97 Å². The second-order valence-corrected chi connectivity index (χ2v) is 7.50. The molecule has 0 atom stereocenters. The molecule has 3 heterocycles. The lowest BCUT2D eigenvalue weighted by atomic mass is 10.2. The van der Waals surface area contributed by atoms with Crippen molar-refractivity contribution in [1.82, 2.24) is 9.97 Å². The van der Waals surface area contributed by atoms with E-state index in [9.17, 15) is 0 Å². The van der Waals surface area contributed by atoms with Crippen molar-refractivity contribution in [2.75, 3.05) is 0 Å². The Balaban J connectivity index is 1.61. The van der Waals surface area contributed by atoms with E-state index in [2.05, 4.69) is 16.0 Å². The van der Waals surface area contributed by atoms with Gasteiger partial charge >= 0.3 is 0 Å². The zero-order chi connectivity index (χ0) is 21.2. The van der Waals surface area contributed by atoms with Crippen LogP contribution >= 0.6 is 0 Å². The number of ether oxygens (including phenoxy) is 1. The van der Waals surface area contributed by atoms with Crippen LogP contribution in [0.2, 0.25) is 0 Å². The molecule has 1 aliphatic heterocycles. The molecular formula is C26H20N4O. The number of rotatable bonds is 4. The normalized spacial score (nSPS) is 14.5. The van der Waals surface area contributed by atoms with E-state index in [-0.39, 0.29) is 0 Å². The Hall–Kier alpha value is -4.30. The summed E-state index contributed by atoms with van der Waals surface area (Å²) < 4.78 is 6.17. The van der Waals surface area contributed by atoms with E-state index in [1.54, 1.807) is 6.07 Å². The van der Waals surface area contributed by atoms with Crippen molar-refractivity contribution in [3.05, 3.63) is 111 Å². The summed E-state index contributed by atoms with van der Waals surface area (Å²) in [6.45, 7) is 2.50. The van der Waals surface area contributed by atoms with E-state index >= 15 is 0 Å². The van der Waals surface area contributed by atoms with E-state index in [1.165, 1.54) is 0 Å². The van der Waals surface area contributed by atoms with Gasteiger partial charge in [0, 0.05) is 22.7 Å². The maximum atomic E-state index is 9.16. The number of hydrogen-bond acceptors (Lipinski definition) is 3. The van der Waals surface area contributed by atoms with Gasteiger partial charge in [0.15, 0.2) is 0 Å². The van der Waals surface area contributed by atoms with Crippen molar-refractivity contribution >= 4 is 17.8 Å². The molecule has 0 unspecified atom stereocenters. The number of nitrogens with zero attached hydrogens (tertiary/aromatic N) is 2. The first-order valence-electron chi connectivity index (χ1n) is 10.1. The number of H-pyrrole nitrogens is 2. The molecule has 5 rings (SSSR count). The van der Waals surface area contributed by atoms with Gasteiger partial charge in [-0.25, -0.2) is 4.99 Å². The zero-order valence-electron chi connectivity index (χ0n) is 17.0. The Labute approximate surface area is 179 Å². The third kappa shape index (κ3) is 3.92. The Kier molecular flexibility index (Phi) is 4.74. The number of hydrogen-bond donors (Lipinski definition) is 2. The lowest BCUT2D eigenvalue weighted by molar-refractivity contribution is 0.304. The number of nitriles is 1. The fourth-order valence-corrected chi connectivity index (χ4v) is 3.61. The molecule has 2 aromatic heterocycles. The lowest BCUT2D eigenvalue weighted by Crippen LogP contribution is -2.20. The van der Waals surface area contributed by atoms with Crippen molar-refractivity contribution < 1.29 is 4.74 Å². The summed E-state index contributed by atoms with van der Waals surface area (Å²) in [5.41, 5.74) is 4.64. The van der Waals surface area contributed by atoms with Gasteiger partial charge in [-0.2, -0.15) is 5.26 Å². The number of aromatic amines is 2. The predicted molar refractivity (Wildman–Crippen MR) is 120 cm³/mol. The van der Waals surface area contributed by atoms with Crippen LogP contribution in [0.15, 0.2) is 71.7 Å². The van der Waals surface area contributed by atoms with Crippen molar-refractivity contribution in [3.8, 4) is 11.8 Å². The summed E-state index contributed by atoms with van der Waals surface area (Å²) in [5, 5.41) is 12.7. The van der Waals surface area contributed by atoms with Gasteiger partial charge < -0.3 is 14.7 Å². The molecule has 5 heteroatoms. The third-order valence-electron chi connectivity index (χ3n) is 5.17. The summed E-state index contributed by atoms with van der Waals surface area (Å²) in [5.74, 6) is 0.760. The standard InChI is InChI=1S/C26H20N4O/c1-17-7-9-21(28-17)13-25-26(31-16-18-5-3-2-4-6-18)14-24(30-25)23-12-20-11-19(15-27)8-10-22(20)29-23/h2-14,28,30H,16H2,1H3. The molecule has 0 saturated carbocycles. The van der Waals surface area contributed by atoms with Gasteiger partial charge in [0.2, 0.25) is 0 Å². The van der Waals surface area contributed by atoms with Gasteiger partial charge in [-0.15, -0.1) is 0 Å². The van der Waals surface area contributed by atoms with Crippen molar-refractivity contribution in [1.29, 1.82) is 5.26 Å². The molecule has 31 heavy (non-hydrogen) atoms. The average molecular weight is 404 g/mol. The van der Waals surface area contributed by atoms with Crippen molar-refractivity contribution in [3.63, 3.8) is 0 Å². The number of aryl methyl sites for hydroxylation is 1. The summed E-state index contributed by atoms with van der Waals surface area (Å²) in [7, 11) is 0. The van der Waals surface area contributed by atoms with Crippen LogP contribution in [0.3, 0.4) is 0 Å². The minimum absolute atomic E-state index is 0.477. The maximum Gasteiger partial charge on any atom is 0.145 e. The second-order valence-electron chi connectivity index (χ2n) is 7.50. The van der Waals surface area contributed by atoms with E-state index in [1.807, 2.05) is 79.7 Å². The van der Waals surface area contributed by atoms with Gasteiger partial charge in [0.05, 0.1) is 33.4 Å². The lowest BCUT2D eigenvalue weighted by Gasteiger charge is -2.03. The van der Waals surface area contributed by atoms with Gasteiger partial charge in [0.25, 0.3) is 0 Å². The second kappa shape index (κ2) is 7.85. The fraction of sp³-hybridized carbons (Fsp3) is 0.0769. The fourth-order valence-electron chi connectivity index (χ4n) is 3.61. The van der Waals surface area contributed by atoms with Gasteiger partial charge in [0.1, 0.15) is 12.4 Å². The predicted octanol–water partition coefficient (Wildman–Crippen LogP) is 2.15. The molecule has 0 aliphatic carbocycles. The molecule has 4 aromatic rings. The molecule has 0 spiro atoms. The SMILES string of the molecule is Cc1ccc(C=c2[nH]c(=C3C=c4cc(C#N)ccc4=N3)cc2OCc2ccccc2)[nH]1. The monoisotopic (exact) mass is 404 g/mol. The first-order chi connectivity index (χ1) is 15.2. The molecule has 0 fully saturated rings. The number of fused-ring (bicyclic) bond motifs is 1. The van der Waals surface area contributed by atoms with Crippen LogP contribution in [0, 0.1) is 18.3 Å². The number of aromatic nitrogens is 2. The van der Waals surface area contributed by atoms with E-state index < -0.39 is 0 Å². The minimum Gasteiger partial charge on any atom is -0.487 e. The van der Waals surface area contributed by atoms with E-state index in [4.69, 9.17) is 15.0 Å². The van der Waals surface area contributed by atoms with E-state index in [0.29, 0.717) is 12.2 Å². The molecule has 0 saturated heterocycles. The topological polar surface area (TPSA) is 77.0 Å². The highest BCUT2D eigenvalue weighted by Gasteiger charge is 2.08. The molecule has 2 N–H and O–H groups in total. The van der Waals surface area contributed by atoms with Crippen LogP contribution in [0.25, 0.3) is 17.8 Å². The molecule has 1 aliphatic rings. The molecule has 0 radical (unpaired) electrons. The summed E-state index contributed by atoms with van der Waals surface area (Å²) >= 11 is 0. The largest absolute Gasteiger partial charge is 0.487 e. The van der Waals surface area contributed by atoms with Gasteiger partial charge in [-0.3, -0.25) is 0 Å². The van der Waals surface area contributed by atoms with Gasteiger partial charge in [-0.05, 0) is 55.0 Å². The molecular weight excluding hydrogens is 384 g/mol. The van der Waals surface area contributed by atoms with Crippen molar-refractivity contribution in [2.24, 2.45) is 4.99 Å². The summed E-state index contributed by atoms with van der Waals surface area (Å²) in [4.78, 5) is 11.5. The molecule has 0 bridgehead atoms. The Morgan fingerprint density at radius 3 is 2.68 bits per heavy atom. The third-order valence-corrected chi connectivity index (χ3v) is 5.17. The Morgan fingerprint density at radius 2 is 1.90 bits per heavy atom. The smallest absolute Gasteiger partial charge is 0.145 e. The maximum absolute atomic E-state index is 9.16. The van der Waals surface area contributed by atoms with Gasteiger partial charge in [-0.1, -0.05) is 30.3 Å². The Bertz CT molecular complexity index is 1550. The summed E-state index contributed by atoms with van der Waals surface area (Å²) in [6.07, 6.45) is 4.03. The van der Waals surface area contributed by atoms with E-state index in [0.717, 1.165) is 49.7 Å². The zero-order valence-corrected chi connectivity index (χ0v) is 17.0. The number of nitrogens with one attached hydrogen (secondary N) is 2. The van der Waals surface area contributed by atoms with Crippen LogP contribution in [-0.2, 0) is 6.61 Å². The highest BCUT2D eigenvalue weighted by atomic mass is 16.5. The van der Waals surface area contributed by atoms with Crippen LogP contribution < -0.4 is 26.0 Å².